The Morgan fingerprint density at radius 3 is 2.23 bits per heavy atom. The van der Waals surface area contributed by atoms with Gasteiger partial charge >= 0.3 is 0 Å². The lowest BCUT2D eigenvalue weighted by Gasteiger charge is -2.11. The van der Waals surface area contributed by atoms with Crippen molar-refractivity contribution in [2.45, 2.75) is 19.4 Å². The first-order valence-corrected chi connectivity index (χ1v) is 10.1. The zero-order chi connectivity index (χ0) is 18.7. The number of aryl methyl sites for hydroxylation is 1. The number of hydrogen-bond donors (Lipinski definition) is 2. The van der Waals surface area contributed by atoms with Crippen LogP contribution in [0.25, 0.3) is 0 Å². The number of hydrogen-bond acceptors (Lipinski definition) is 4. The molecule has 0 bridgehead atoms. The Kier molecular flexibility index (Phi) is 5.08. The standard InChI is InChI=1S/C19H20N2O4S/c1-13-3-2-4-16(11-13)20-18(22)14-5-7-15(8-6-14)19(23)21-17-9-10-26(24,25)12-17/h2-8,11,17H,9-10,12H2,1H3,(H,20,22)(H,21,23). The lowest BCUT2D eigenvalue weighted by atomic mass is 10.1. The van der Waals surface area contributed by atoms with Gasteiger partial charge in [-0.05, 0) is 55.3 Å². The fourth-order valence-corrected chi connectivity index (χ4v) is 4.55. The summed E-state index contributed by atoms with van der Waals surface area (Å²) in [6.45, 7) is 1.94. The van der Waals surface area contributed by atoms with Crippen molar-refractivity contribution in [2.24, 2.45) is 0 Å². The highest BCUT2D eigenvalue weighted by Gasteiger charge is 2.29. The molecule has 0 spiro atoms. The van der Waals surface area contributed by atoms with Crippen molar-refractivity contribution in [3.63, 3.8) is 0 Å². The van der Waals surface area contributed by atoms with Crippen LogP contribution in [0.5, 0.6) is 0 Å². The van der Waals surface area contributed by atoms with Crippen molar-refractivity contribution >= 4 is 27.3 Å². The maximum Gasteiger partial charge on any atom is 0.255 e. The van der Waals surface area contributed by atoms with E-state index in [9.17, 15) is 18.0 Å². The smallest absolute Gasteiger partial charge is 0.255 e. The number of amides is 2. The van der Waals surface area contributed by atoms with Gasteiger partial charge in [-0.2, -0.15) is 0 Å². The Hall–Kier alpha value is -2.67. The van der Waals surface area contributed by atoms with Crippen molar-refractivity contribution < 1.29 is 18.0 Å². The molecular weight excluding hydrogens is 352 g/mol. The summed E-state index contributed by atoms with van der Waals surface area (Å²) in [5, 5.41) is 5.54. The second-order valence-electron chi connectivity index (χ2n) is 6.47. The van der Waals surface area contributed by atoms with E-state index in [1.165, 1.54) is 0 Å². The number of benzene rings is 2. The molecule has 1 atom stereocenters. The summed E-state index contributed by atoms with van der Waals surface area (Å²) in [5.74, 6) is -0.506. The Morgan fingerprint density at radius 2 is 1.65 bits per heavy atom. The first kappa shape index (κ1) is 18.1. The lowest BCUT2D eigenvalue weighted by molar-refractivity contribution is 0.0939. The highest BCUT2D eigenvalue weighted by Crippen LogP contribution is 2.14. The average molecular weight is 372 g/mol. The maximum absolute atomic E-state index is 12.3. The van der Waals surface area contributed by atoms with E-state index in [-0.39, 0.29) is 29.4 Å². The van der Waals surface area contributed by atoms with Crippen molar-refractivity contribution in [1.29, 1.82) is 0 Å². The maximum atomic E-state index is 12.3. The summed E-state index contributed by atoms with van der Waals surface area (Å²) in [4.78, 5) is 24.5. The monoisotopic (exact) mass is 372 g/mol. The van der Waals surface area contributed by atoms with Gasteiger partial charge in [-0.25, -0.2) is 8.42 Å². The summed E-state index contributed by atoms with van der Waals surface area (Å²) < 4.78 is 22.9. The van der Waals surface area contributed by atoms with Crippen LogP contribution in [0.3, 0.4) is 0 Å². The van der Waals surface area contributed by atoms with Gasteiger partial charge in [-0.15, -0.1) is 0 Å². The molecule has 2 aromatic carbocycles. The summed E-state index contributed by atoms with van der Waals surface area (Å²) in [5.41, 5.74) is 2.58. The SMILES string of the molecule is Cc1cccc(NC(=O)c2ccc(C(=O)NC3CCS(=O)(=O)C3)cc2)c1. The zero-order valence-corrected chi connectivity index (χ0v) is 15.2. The van der Waals surface area contributed by atoms with E-state index in [1.54, 1.807) is 24.3 Å². The third-order valence-electron chi connectivity index (χ3n) is 4.25. The van der Waals surface area contributed by atoms with Crippen LogP contribution in [0, 0.1) is 6.92 Å². The predicted octanol–water partition coefficient (Wildman–Crippen LogP) is 2.16. The van der Waals surface area contributed by atoms with E-state index in [0.29, 0.717) is 23.2 Å². The van der Waals surface area contributed by atoms with Gasteiger partial charge < -0.3 is 10.6 Å². The molecule has 1 aliphatic rings. The van der Waals surface area contributed by atoms with Crippen LogP contribution in [0.2, 0.25) is 0 Å². The molecule has 3 rings (SSSR count). The lowest BCUT2D eigenvalue weighted by Crippen LogP contribution is -2.35. The number of anilines is 1. The fourth-order valence-electron chi connectivity index (χ4n) is 2.88. The minimum atomic E-state index is -3.04. The van der Waals surface area contributed by atoms with Crippen molar-refractivity contribution in [2.75, 3.05) is 16.8 Å². The van der Waals surface area contributed by atoms with E-state index in [0.717, 1.165) is 5.56 Å². The fraction of sp³-hybridized carbons (Fsp3) is 0.263. The molecule has 0 aromatic heterocycles. The average Bonchev–Trinajstić information content (AvgIpc) is 2.93. The number of rotatable bonds is 4. The molecule has 0 aliphatic carbocycles. The highest BCUT2D eigenvalue weighted by atomic mass is 32.2. The molecule has 6 nitrogen and oxygen atoms in total. The molecule has 1 heterocycles. The minimum Gasteiger partial charge on any atom is -0.348 e. The van der Waals surface area contributed by atoms with Crippen LogP contribution in [0.1, 0.15) is 32.7 Å². The van der Waals surface area contributed by atoms with E-state index >= 15 is 0 Å². The summed E-state index contributed by atoms with van der Waals surface area (Å²) in [6, 6.07) is 13.4. The number of nitrogens with one attached hydrogen (secondary N) is 2. The van der Waals surface area contributed by atoms with Crippen molar-refractivity contribution in [1.82, 2.24) is 5.32 Å². The van der Waals surface area contributed by atoms with Gasteiger partial charge in [0.2, 0.25) is 0 Å². The van der Waals surface area contributed by atoms with Crippen LogP contribution in [0.15, 0.2) is 48.5 Å². The Bertz CT molecular complexity index is 936. The topological polar surface area (TPSA) is 92.3 Å². The van der Waals surface area contributed by atoms with Crippen LogP contribution in [-0.4, -0.2) is 37.8 Å². The summed E-state index contributed by atoms with van der Waals surface area (Å²) >= 11 is 0. The van der Waals surface area contributed by atoms with Crippen LogP contribution >= 0.6 is 0 Å². The molecule has 7 heteroatoms. The molecule has 1 fully saturated rings. The van der Waals surface area contributed by atoms with E-state index in [1.807, 2.05) is 31.2 Å². The van der Waals surface area contributed by atoms with Crippen LogP contribution < -0.4 is 10.6 Å². The third kappa shape index (κ3) is 4.49. The first-order valence-electron chi connectivity index (χ1n) is 8.32. The van der Waals surface area contributed by atoms with Gasteiger partial charge in [0.25, 0.3) is 11.8 Å². The molecule has 26 heavy (non-hydrogen) atoms. The van der Waals surface area contributed by atoms with Gasteiger partial charge in [0, 0.05) is 22.9 Å². The Morgan fingerprint density at radius 1 is 1.00 bits per heavy atom. The van der Waals surface area contributed by atoms with Gasteiger partial charge in [0.15, 0.2) is 9.84 Å². The molecule has 1 saturated heterocycles. The second kappa shape index (κ2) is 7.29. The number of carbonyl (C=O) groups excluding carboxylic acids is 2. The predicted molar refractivity (Wildman–Crippen MR) is 100 cm³/mol. The zero-order valence-electron chi connectivity index (χ0n) is 14.4. The molecular formula is C19H20N2O4S. The molecule has 2 N–H and O–H groups in total. The van der Waals surface area contributed by atoms with Crippen molar-refractivity contribution in [3.05, 3.63) is 65.2 Å². The number of carbonyl (C=O) groups is 2. The van der Waals surface area contributed by atoms with Gasteiger partial charge in [0.1, 0.15) is 0 Å². The number of sulfone groups is 1. The normalized spacial score (nSPS) is 18.3. The summed E-state index contributed by atoms with van der Waals surface area (Å²) in [7, 11) is -3.04. The molecule has 0 radical (unpaired) electrons. The van der Waals surface area contributed by atoms with Crippen molar-refractivity contribution in [3.8, 4) is 0 Å². The molecule has 2 amide bonds. The third-order valence-corrected chi connectivity index (χ3v) is 6.02. The molecule has 1 unspecified atom stereocenters. The van der Waals surface area contributed by atoms with E-state index in [2.05, 4.69) is 10.6 Å². The molecule has 1 aliphatic heterocycles. The van der Waals surface area contributed by atoms with Crippen LogP contribution in [0.4, 0.5) is 5.69 Å². The quantitative estimate of drug-likeness (QED) is 0.860. The first-order chi connectivity index (χ1) is 12.3. The molecule has 136 valence electrons. The van der Waals surface area contributed by atoms with E-state index < -0.39 is 9.84 Å². The van der Waals surface area contributed by atoms with Gasteiger partial charge in [0.05, 0.1) is 11.5 Å². The van der Waals surface area contributed by atoms with E-state index in [4.69, 9.17) is 0 Å². The largest absolute Gasteiger partial charge is 0.348 e. The van der Waals surface area contributed by atoms with Gasteiger partial charge in [-0.3, -0.25) is 9.59 Å². The van der Waals surface area contributed by atoms with Gasteiger partial charge in [-0.1, -0.05) is 12.1 Å². The molecule has 2 aromatic rings. The minimum absolute atomic E-state index is 0.0181. The Labute approximate surface area is 152 Å². The van der Waals surface area contributed by atoms with Crippen LogP contribution in [-0.2, 0) is 9.84 Å². The highest BCUT2D eigenvalue weighted by molar-refractivity contribution is 7.91. The Balaban J connectivity index is 1.62. The molecule has 0 saturated carbocycles. The summed E-state index contributed by atoms with van der Waals surface area (Å²) in [6.07, 6.45) is 0.436. The second-order valence-corrected chi connectivity index (χ2v) is 8.70.